The van der Waals surface area contributed by atoms with Crippen molar-refractivity contribution in [2.75, 3.05) is 5.73 Å². The Bertz CT molecular complexity index is 1260. The molecule has 0 aliphatic carbocycles. The molecule has 0 aliphatic heterocycles. The van der Waals surface area contributed by atoms with E-state index < -0.39 is 14.6 Å². The summed E-state index contributed by atoms with van der Waals surface area (Å²) in [6.45, 7) is -0.146. The summed E-state index contributed by atoms with van der Waals surface area (Å²) >= 11 is 0. The third-order valence-corrected chi connectivity index (χ3v) is 4.92. The summed E-state index contributed by atoms with van der Waals surface area (Å²) in [5, 5.41) is 4.07. The van der Waals surface area contributed by atoms with E-state index in [1.165, 1.54) is 10.8 Å². The predicted octanol–water partition coefficient (Wildman–Crippen LogP) is 1.63. The number of pyridine rings is 2. The molecule has 0 aliphatic rings. The Morgan fingerprint density at radius 2 is 2.00 bits per heavy atom. The largest absolute Gasteiger partial charge is 0.472 e. The molecular formula is C20H20N6O6P+. The summed E-state index contributed by atoms with van der Waals surface area (Å²) in [4.78, 5) is 30.2. The van der Waals surface area contributed by atoms with E-state index in [4.69, 9.17) is 24.8 Å². The van der Waals surface area contributed by atoms with Crippen molar-refractivity contribution in [1.82, 2.24) is 20.1 Å². The molecule has 4 N–H and O–H groups in total. The van der Waals surface area contributed by atoms with Gasteiger partial charge in [-0.15, -0.1) is 0 Å². The van der Waals surface area contributed by atoms with E-state index in [0.717, 1.165) is 5.56 Å². The van der Waals surface area contributed by atoms with Gasteiger partial charge in [0, 0.05) is 37.1 Å². The molecule has 0 amide bonds. The molecular weight excluding hydrogens is 451 g/mol. The van der Waals surface area contributed by atoms with Gasteiger partial charge in [0.2, 0.25) is 12.6 Å². The molecule has 33 heavy (non-hydrogen) atoms. The minimum absolute atomic E-state index is 0.208. The summed E-state index contributed by atoms with van der Waals surface area (Å²) in [6.07, 6.45) is 8.50. The van der Waals surface area contributed by atoms with Crippen LogP contribution < -0.4 is 15.0 Å². The smallest absolute Gasteiger partial charge is 0.471 e. The number of nitrogens with two attached hydrogens (primary N) is 1. The van der Waals surface area contributed by atoms with E-state index in [9.17, 15) is 4.57 Å². The van der Waals surface area contributed by atoms with E-state index in [1.807, 2.05) is 6.07 Å². The fraction of sp³-hybridized carbons (Fsp3) is 0.150. The van der Waals surface area contributed by atoms with Crippen molar-refractivity contribution in [3.63, 3.8) is 0 Å². The van der Waals surface area contributed by atoms with Crippen LogP contribution in [-0.2, 0) is 28.8 Å². The zero-order chi connectivity index (χ0) is 23.3. The van der Waals surface area contributed by atoms with Gasteiger partial charge in [-0.25, -0.2) is 18.6 Å². The molecule has 0 saturated carbocycles. The van der Waals surface area contributed by atoms with E-state index in [1.54, 1.807) is 49.1 Å². The van der Waals surface area contributed by atoms with Crippen LogP contribution in [0.3, 0.4) is 0 Å². The number of hydrogen-bond donors (Lipinski definition) is 3. The second-order valence-corrected chi connectivity index (χ2v) is 8.11. The number of rotatable bonds is 9. The van der Waals surface area contributed by atoms with Crippen LogP contribution in [0, 0.1) is 0 Å². The Morgan fingerprint density at radius 3 is 2.73 bits per heavy atom. The molecule has 0 bridgehead atoms. The molecule has 13 heteroatoms. The zero-order valence-corrected chi connectivity index (χ0v) is 18.1. The van der Waals surface area contributed by atoms with Gasteiger partial charge in [0.15, 0.2) is 5.76 Å². The van der Waals surface area contributed by atoms with Gasteiger partial charge in [-0.1, -0.05) is 11.2 Å². The lowest BCUT2D eigenvalue weighted by molar-refractivity contribution is -0.711. The topological polar surface area (TPSA) is 171 Å². The third kappa shape index (κ3) is 6.18. The number of phosphoric ester groups is 1. The molecule has 0 atom stereocenters. The van der Waals surface area contributed by atoms with Crippen LogP contribution in [-0.4, -0.2) is 29.9 Å². The fourth-order valence-electron chi connectivity index (χ4n) is 2.91. The number of phosphoric acid groups is 1. The molecule has 0 fully saturated rings. The van der Waals surface area contributed by atoms with Gasteiger partial charge in [-0.2, -0.15) is 0 Å². The highest BCUT2D eigenvalue weighted by Gasteiger charge is 2.20. The van der Waals surface area contributed by atoms with Crippen molar-refractivity contribution in [3.8, 4) is 17.2 Å². The van der Waals surface area contributed by atoms with Gasteiger partial charge in [0.05, 0.1) is 23.8 Å². The number of aromatic nitrogens is 5. The number of ether oxygens (including phenoxy) is 1. The highest BCUT2D eigenvalue weighted by Crippen LogP contribution is 2.35. The molecule has 0 aromatic carbocycles. The van der Waals surface area contributed by atoms with Crippen LogP contribution >= 0.6 is 7.82 Å². The quantitative estimate of drug-likeness (QED) is 0.239. The highest BCUT2D eigenvalue weighted by atomic mass is 31.2. The van der Waals surface area contributed by atoms with Crippen LogP contribution in [0.4, 0.5) is 5.82 Å². The Labute approximate surface area is 187 Å². The fourth-order valence-corrected chi connectivity index (χ4v) is 3.18. The monoisotopic (exact) mass is 471 g/mol. The average molecular weight is 471 g/mol. The molecule has 4 rings (SSSR count). The Balaban J connectivity index is 1.40. The van der Waals surface area contributed by atoms with Crippen LogP contribution in [0.15, 0.2) is 65.8 Å². The molecule has 0 spiro atoms. The standard InChI is InChI=1S/C20H19N6O6P/c21-20-17(2-1-7-26(20)13-31-33(27,28)29)18-9-15(25-32-18)8-14-3-4-19(24-10-14)30-12-16-11-22-5-6-23-16/h1-7,9-11,21H,8,12-13H2,(H2,27,28,29)/p+1. The molecule has 4 aromatic rings. The van der Waals surface area contributed by atoms with Gasteiger partial charge >= 0.3 is 7.82 Å². The van der Waals surface area contributed by atoms with Gasteiger partial charge < -0.3 is 19.0 Å². The molecule has 0 radical (unpaired) electrons. The summed E-state index contributed by atoms with van der Waals surface area (Å²) in [6, 6.07) is 8.72. The van der Waals surface area contributed by atoms with Crippen molar-refractivity contribution < 1.29 is 32.7 Å². The predicted molar refractivity (Wildman–Crippen MR) is 113 cm³/mol. The maximum absolute atomic E-state index is 10.9. The number of anilines is 1. The molecule has 12 nitrogen and oxygen atoms in total. The number of nitrogens with zero attached hydrogens (tertiary/aromatic N) is 5. The van der Waals surface area contributed by atoms with E-state index in [0.29, 0.717) is 35.0 Å². The summed E-state index contributed by atoms with van der Waals surface area (Å²) < 4.78 is 27.8. The summed E-state index contributed by atoms with van der Waals surface area (Å²) in [5.74, 6) is 1.08. The van der Waals surface area contributed by atoms with Gasteiger partial charge in [-0.05, 0) is 17.7 Å². The maximum Gasteiger partial charge on any atom is 0.472 e. The van der Waals surface area contributed by atoms with E-state index in [-0.39, 0.29) is 12.4 Å². The first-order chi connectivity index (χ1) is 15.9. The van der Waals surface area contributed by atoms with Crippen molar-refractivity contribution >= 4 is 13.6 Å². The van der Waals surface area contributed by atoms with E-state index in [2.05, 4.69) is 24.6 Å². The Hall–Kier alpha value is -3.70. The van der Waals surface area contributed by atoms with Crippen LogP contribution in [0.5, 0.6) is 5.88 Å². The zero-order valence-electron chi connectivity index (χ0n) is 17.2. The van der Waals surface area contributed by atoms with E-state index >= 15 is 0 Å². The maximum atomic E-state index is 10.9. The lowest BCUT2D eigenvalue weighted by Gasteiger charge is -2.07. The van der Waals surface area contributed by atoms with Gasteiger partial charge in [0.25, 0.3) is 5.82 Å². The first-order valence-electron chi connectivity index (χ1n) is 9.64. The van der Waals surface area contributed by atoms with Gasteiger partial charge in [0.1, 0.15) is 12.2 Å². The average Bonchev–Trinajstić information content (AvgIpc) is 3.26. The van der Waals surface area contributed by atoms with Crippen LogP contribution in [0.1, 0.15) is 17.0 Å². The molecule has 4 heterocycles. The second-order valence-electron chi connectivity index (χ2n) is 6.88. The minimum Gasteiger partial charge on any atom is -0.471 e. The van der Waals surface area contributed by atoms with Crippen LogP contribution in [0.25, 0.3) is 11.3 Å². The van der Waals surface area contributed by atoms with Gasteiger partial charge in [-0.3, -0.25) is 15.7 Å². The molecule has 0 saturated heterocycles. The summed E-state index contributed by atoms with van der Waals surface area (Å²) in [7, 11) is -4.63. The molecule has 170 valence electrons. The van der Waals surface area contributed by atoms with Crippen LogP contribution in [0.2, 0.25) is 0 Å². The van der Waals surface area contributed by atoms with Crippen molar-refractivity contribution in [2.45, 2.75) is 19.8 Å². The van der Waals surface area contributed by atoms with Crippen molar-refractivity contribution in [1.29, 1.82) is 0 Å². The highest BCUT2D eigenvalue weighted by molar-refractivity contribution is 7.46. The number of nitrogen functional groups attached to an aromatic ring is 1. The SMILES string of the molecule is Nc1c(-c2cc(Cc3ccc(OCc4cnccn4)nc3)no2)ccc[n+]1COP(=O)(O)O. The third-order valence-electron chi connectivity index (χ3n) is 4.47. The molecule has 0 unspecified atom stereocenters. The minimum atomic E-state index is -4.63. The number of hydrogen-bond acceptors (Lipinski definition) is 9. The molecule has 4 aromatic heterocycles. The first-order valence-corrected chi connectivity index (χ1v) is 11.2. The second kappa shape index (κ2) is 9.84. The lowest BCUT2D eigenvalue weighted by Crippen LogP contribution is -2.38. The summed E-state index contributed by atoms with van der Waals surface area (Å²) in [5.41, 5.74) is 8.87. The van der Waals surface area contributed by atoms with Crippen molar-refractivity contribution in [3.05, 3.63) is 78.3 Å². The van der Waals surface area contributed by atoms with Crippen molar-refractivity contribution in [2.24, 2.45) is 0 Å². The normalized spacial score (nSPS) is 11.5. The Morgan fingerprint density at radius 1 is 1.12 bits per heavy atom. The first kappa shape index (κ1) is 22.5. The lowest BCUT2D eigenvalue weighted by atomic mass is 10.1. The Kier molecular flexibility index (Phi) is 6.71.